The molecule has 3 heteroatoms. The van der Waals surface area contributed by atoms with E-state index in [1.807, 2.05) is 0 Å². The highest BCUT2D eigenvalue weighted by molar-refractivity contribution is 4.84. The fourth-order valence-corrected chi connectivity index (χ4v) is 3.65. The molecule has 0 aliphatic heterocycles. The van der Waals surface area contributed by atoms with Crippen molar-refractivity contribution < 1.29 is 0 Å². The smallest absolute Gasteiger partial charge is 0.0194 e. The summed E-state index contributed by atoms with van der Waals surface area (Å²) in [6, 6.07) is 1.45. The van der Waals surface area contributed by atoms with E-state index in [-0.39, 0.29) is 0 Å². The quantitative estimate of drug-likeness (QED) is 0.665. The van der Waals surface area contributed by atoms with Crippen molar-refractivity contribution in [1.82, 2.24) is 15.1 Å². The lowest BCUT2D eigenvalue weighted by Crippen LogP contribution is -2.42. The van der Waals surface area contributed by atoms with Crippen LogP contribution in [-0.4, -0.2) is 62.2 Å². The van der Waals surface area contributed by atoms with Crippen LogP contribution in [0.4, 0.5) is 0 Å². The van der Waals surface area contributed by atoms with Crippen molar-refractivity contribution in [3.05, 3.63) is 0 Å². The van der Waals surface area contributed by atoms with Gasteiger partial charge in [-0.25, -0.2) is 0 Å². The van der Waals surface area contributed by atoms with E-state index in [4.69, 9.17) is 0 Å². The minimum atomic E-state index is 0.665. The summed E-state index contributed by atoms with van der Waals surface area (Å²) in [4.78, 5) is 4.95. The van der Waals surface area contributed by atoms with Gasteiger partial charge in [0.15, 0.2) is 0 Å². The van der Waals surface area contributed by atoms with Gasteiger partial charge in [0.25, 0.3) is 0 Å². The van der Waals surface area contributed by atoms with Crippen LogP contribution in [0.15, 0.2) is 0 Å². The fraction of sp³-hybridized carbons (Fsp3) is 1.00. The lowest BCUT2D eigenvalue weighted by Gasteiger charge is -2.31. The lowest BCUT2D eigenvalue weighted by molar-refractivity contribution is 0.167. The van der Waals surface area contributed by atoms with Crippen molar-refractivity contribution in [1.29, 1.82) is 0 Å². The molecule has 120 valence electrons. The summed E-state index contributed by atoms with van der Waals surface area (Å²) in [7, 11) is 4.35. The van der Waals surface area contributed by atoms with Crippen LogP contribution in [0.5, 0.6) is 0 Å². The Labute approximate surface area is 127 Å². The molecule has 0 bridgehead atoms. The highest BCUT2D eigenvalue weighted by Gasteiger charge is 2.27. The Morgan fingerprint density at radius 1 is 1.20 bits per heavy atom. The molecule has 0 aromatic heterocycles. The number of nitrogens with zero attached hydrogens (tertiary/aromatic N) is 2. The highest BCUT2D eigenvalue weighted by Crippen LogP contribution is 2.28. The first-order chi connectivity index (χ1) is 9.58. The predicted octanol–water partition coefficient (Wildman–Crippen LogP) is 2.82. The Morgan fingerprint density at radius 3 is 2.55 bits per heavy atom. The van der Waals surface area contributed by atoms with E-state index in [9.17, 15) is 0 Å². The zero-order valence-electron chi connectivity index (χ0n) is 14.5. The summed E-state index contributed by atoms with van der Waals surface area (Å²) >= 11 is 0. The average Bonchev–Trinajstić information content (AvgIpc) is 2.83. The molecule has 1 aliphatic rings. The van der Waals surface area contributed by atoms with Crippen LogP contribution in [0.1, 0.15) is 52.9 Å². The minimum absolute atomic E-state index is 0.665. The van der Waals surface area contributed by atoms with Gasteiger partial charge in [0.1, 0.15) is 0 Å². The molecular weight excluding hydrogens is 246 g/mol. The van der Waals surface area contributed by atoms with Gasteiger partial charge in [0.2, 0.25) is 0 Å². The van der Waals surface area contributed by atoms with E-state index in [0.29, 0.717) is 6.04 Å². The predicted molar refractivity (Wildman–Crippen MR) is 89.3 cm³/mol. The van der Waals surface area contributed by atoms with Crippen LogP contribution >= 0.6 is 0 Å². The van der Waals surface area contributed by atoms with Crippen LogP contribution in [-0.2, 0) is 0 Å². The molecule has 0 aromatic carbocycles. The summed E-state index contributed by atoms with van der Waals surface area (Å²) in [5.41, 5.74) is 0. The molecule has 0 heterocycles. The number of hydrogen-bond acceptors (Lipinski definition) is 3. The van der Waals surface area contributed by atoms with E-state index in [1.54, 1.807) is 0 Å². The summed E-state index contributed by atoms with van der Waals surface area (Å²) in [6.45, 7) is 11.7. The summed E-state index contributed by atoms with van der Waals surface area (Å²) < 4.78 is 0. The van der Waals surface area contributed by atoms with Crippen LogP contribution in [0, 0.1) is 5.92 Å². The molecular formula is C17H37N3. The van der Waals surface area contributed by atoms with Crippen LogP contribution in [0.3, 0.4) is 0 Å². The summed E-state index contributed by atoms with van der Waals surface area (Å²) in [5, 5.41) is 3.76. The van der Waals surface area contributed by atoms with Gasteiger partial charge in [0.05, 0.1) is 0 Å². The molecule has 1 fully saturated rings. The molecule has 0 saturated heterocycles. The first kappa shape index (κ1) is 17.9. The van der Waals surface area contributed by atoms with E-state index in [1.165, 1.54) is 51.7 Å². The molecule has 0 amide bonds. The second-order valence-electron chi connectivity index (χ2n) is 6.78. The van der Waals surface area contributed by atoms with E-state index in [0.717, 1.165) is 18.5 Å². The summed E-state index contributed by atoms with van der Waals surface area (Å²) in [6.07, 6.45) is 6.87. The van der Waals surface area contributed by atoms with Crippen molar-refractivity contribution in [2.45, 2.75) is 65.0 Å². The van der Waals surface area contributed by atoms with E-state index < -0.39 is 0 Å². The van der Waals surface area contributed by atoms with Crippen molar-refractivity contribution in [3.63, 3.8) is 0 Å². The third kappa shape index (κ3) is 6.11. The molecule has 20 heavy (non-hydrogen) atoms. The second-order valence-corrected chi connectivity index (χ2v) is 6.78. The molecule has 1 saturated carbocycles. The van der Waals surface area contributed by atoms with Gasteiger partial charge >= 0.3 is 0 Å². The molecule has 3 nitrogen and oxygen atoms in total. The second kappa shape index (κ2) is 9.75. The number of hydrogen-bond donors (Lipinski definition) is 1. The molecule has 1 N–H and O–H groups in total. The Hall–Kier alpha value is -0.120. The normalized spacial score (nSPS) is 24.8. The number of likely N-dealkylation sites (N-methyl/N-ethyl adjacent to an activating group) is 2. The van der Waals surface area contributed by atoms with Gasteiger partial charge in [-0.1, -0.05) is 20.3 Å². The van der Waals surface area contributed by atoms with Crippen molar-refractivity contribution >= 4 is 0 Å². The highest BCUT2D eigenvalue weighted by atomic mass is 15.2. The zero-order chi connectivity index (χ0) is 15.0. The summed E-state index contributed by atoms with van der Waals surface area (Å²) in [5.74, 6) is 0.905. The SMILES string of the molecule is CCCNC1CCCC1CCN(CC)C(C)CN(C)C. The van der Waals surface area contributed by atoms with Crippen molar-refractivity contribution in [3.8, 4) is 0 Å². The molecule has 3 unspecified atom stereocenters. The Balaban J connectivity index is 2.35. The Bertz CT molecular complexity index is 242. The molecule has 1 aliphatic carbocycles. The molecule has 1 rings (SSSR count). The Morgan fingerprint density at radius 2 is 1.95 bits per heavy atom. The van der Waals surface area contributed by atoms with Crippen LogP contribution < -0.4 is 5.32 Å². The monoisotopic (exact) mass is 283 g/mol. The molecule has 0 spiro atoms. The molecule has 3 atom stereocenters. The first-order valence-corrected chi connectivity index (χ1v) is 8.70. The third-order valence-electron chi connectivity index (χ3n) is 4.76. The van der Waals surface area contributed by atoms with Gasteiger partial charge in [-0.2, -0.15) is 0 Å². The molecule has 0 radical (unpaired) electrons. The van der Waals surface area contributed by atoms with Gasteiger partial charge in [0, 0.05) is 18.6 Å². The number of nitrogens with one attached hydrogen (secondary N) is 1. The van der Waals surface area contributed by atoms with Gasteiger partial charge in [-0.05, 0) is 72.3 Å². The maximum absolute atomic E-state index is 3.76. The van der Waals surface area contributed by atoms with Crippen molar-refractivity contribution in [2.75, 3.05) is 40.3 Å². The standard InChI is InChI=1S/C17H37N3/c1-6-12-18-17-10-8-9-16(17)11-13-20(7-2)15(3)14-19(4)5/h15-18H,6-14H2,1-5H3. The topological polar surface area (TPSA) is 18.5 Å². The lowest BCUT2D eigenvalue weighted by atomic mass is 9.98. The maximum atomic E-state index is 3.76. The van der Waals surface area contributed by atoms with E-state index >= 15 is 0 Å². The minimum Gasteiger partial charge on any atom is -0.314 e. The largest absolute Gasteiger partial charge is 0.314 e. The fourth-order valence-electron chi connectivity index (χ4n) is 3.65. The van der Waals surface area contributed by atoms with Gasteiger partial charge < -0.3 is 10.2 Å². The average molecular weight is 284 g/mol. The zero-order valence-corrected chi connectivity index (χ0v) is 14.5. The van der Waals surface area contributed by atoms with Crippen LogP contribution in [0.25, 0.3) is 0 Å². The van der Waals surface area contributed by atoms with Gasteiger partial charge in [-0.15, -0.1) is 0 Å². The Kier molecular flexibility index (Phi) is 8.74. The van der Waals surface area contributed by atoms with Crippen molar-refractivity contribution in [2.24, 2.45) is 5.92 Å². The first-order valence-electron chi connectivity index (χ1n) is 8.70. The third-order valence-corrected chi connectivity index (χ3v) is 4.76. The number of rotatable bonds is 10. The van der Waals surface area contributed by atoms with E-state index in [2.05, 4.69) is 50.0 Å². The molecule has 0 aromatic rings. The maximum Gasteiger partial charge on any atom is 0.0194 e. The van der Waals surface area contributed by atoms with Crippen LogP contribution in [0.2, 0.25) is 0 Å². The van der Waals surface area contributed by atoms with Gasteiger partial charge in [-0.3, -0.25) is 4.90 Å².